The van der Waals surface area contributed by atoms with Gasteiger partial charge in [0.15, 0.2) is 0 Å². The Hall–Kier alpha value is -1.28. The predicted octanol–water partition coefficient (Wildman–Crippen LogP) is 2.79. The van der Waals surface area contributed by atoms with Crippen molar-refractivity contribution in [2.45, 2.75) is 13.8 Å². The van der Waals surface area contributed by atoms with Crippen molar-refractivity contribution in [3.05, 3.63) is 46.5 Å². The minimum Gasteiger partial charge on any atom is -0.347 e. The third-order valence-electron chi connectivity index (χ3n) is 1.92. The van der Waals surface area contributed by atoms with E-state index >= 15 is 0 Å². The summed E-state index contributed by atoms with van der Waals surface area (Å²) < 4.78 is 0. The Morgan fingerprint density at radius 2 is 1.87 bits per heavy atom. The Morgan fingerprint density at radius 3 is 2.33 bits per heavy atom. The monoisotopic (exact) mass is 223 g/mol. The average Bonchev–Trinajstić information content (AvgIpc) is 2.12. The maximum atomic E-state index is 11.6. The van der Waals surface area contributed by atoms with Crippen molar-refractivity contribution < 1.29 is 4.79 Å². The Balaban J connectivity index is 2.77. The molecule has 0 saturated heterocycles. The number of aryl methyl sites for hydroxylation is 2. The van der Waals surface area contributed by atoms with Gasteiger partial charge >= 0.3 is 0 Å². The number of carbonyl (C=O) groups is 1. The zero-order valence-electron chi connectivity index (χ0n) is 8.93. The van der Waals surface area contributed by atoms with Crippen LogP contribution in [0, 0.1) is 13.8 Å². The highest BCUT2D eigenvalue weighted by Gasteiger charge is 2.05. The van der Waals surface area contributed by atoms with Gasteiger partial charge in [-0.15, -0.1) is 0 Å². The van der Waals surface area contributed by atoms with E-state index in [0.717, 1.165) is 11.1 Å². The van der Waals surface area contributed by atoms with Gasteiger partial charge in [0.2, 0.25) is 0 Å². The van der Waals surface area contributed by atoms with Gasteiger partial charge in [-0.1, -0.05) is 35.4 Å². The number of hydrogen-bond donors (Lipinski definition) is 1. The summed E-state index contributed by atoms with van der Waals surface area (Å²) in [6, 6.07) is 5.72. The van der Waals surface area contributed by atoms with Gasteiger partial charge in [-0.3, -0.25) is 4.79 Å². The Morgan fingerprint density at radius 1 is 1.33 bits per heavy atom. The van der Waals surface area contributed by atoms with E-state index in [9.17, 15) is 4.79 Å². The number of benzene rings is 1. The predicted molar refractivity (Wildman–Crippen MR) is 63.2 cm³/mol. The fourth-order valence-corrected chi connectivity index (χ4v) is 1.45. The normalized spacial score (nSPS) is 9.80. The van der Waals surface area contributed by atoms with Gasteiger partial charge < -0.3 is 5.32 Å². The van der Waals surface area contributed by atoms with Crippen molar-refractivity contribution in [2.24, 2.45) is 0 Å². The average molecular weight is 224 g/mol. The molecule has 0 unspecified atom stereocenters. The highest BCUT2D eigenvalue weighted by molar-refractivity contribution is 6.29. The quantitative estimate of drug-likeness (QED) is 0.839. The molecule has 0 aliphatic rings. The molecule has 2 nitrogen and oxygen atoms in total. The summed E-state index contributed by atoms with van der Waals surface area (Å²) in [7, 11) is 0. The van der Waals surface area contributed by atoms with Crippen molar-refractivity contribution in [2.75, 3.05) is 6.54 Å². The van der Waals surface area contributed by atoms with Crippen LogP contribution in [-0.2, 0) is 0 Å². The molecule has 0 aliphatic carbocycles. The van der Waals surface area contributed by atoms with E-state index in [4.69, 9.17) is 11.6 Å². The van der Waals surface area contributed by atoms with Crippen LogP contribution in [0.5, 0.6) is 0 Å². The van der Waals surface area contributed by atoms with E-state index < -0.39 is 0 Å². The number of amides is 1. The molecule has 1 N–H and O–H groups in total. The molecule has 0 heterocycles. The fourth-order valence-electron chi connectivity index (χ4n) is 1.38. The molecule has 0 bridgehead atoms. The van der Waals surface area contributed by atoms with E-state index in [1.807, 2.05) is 32.0 Å². The van der Waals surface area contributed by atoms with Gasteiger partial charge in [-0.25, -0.2) is 0 Å². The molecule has 0 spiro atoms. The van der Waals surface area contributed by atoms with E-state index in [-0.39, 0.29) is 5.91 Å². The largest absolute Gasteiger partial charge is 0.347 e. The molecule has 0 saturated carbocycles. The topological polar surface area (TPSA) is 29.1 Å². The smallest absolute Gasteiger partial charge is 0.251 e. The highest BCUT2D eigenvalue weighted by Crippen LogP contribution is 2.08. The first-order chi connectivity index (χ1) is 6.99. The molecule has 1 aromatic rings. The van der Waals surface area contributed by atoms with Crippen molar-refractivity contribution in [1.29, 1.82) is 0 Å². The van der Waals surface area contributed by atoms with Crippen molar-refractivity contribution in [3.8, 4) is 0 Å². The minimum absolute atomic E-state index is 0.122. The molecule has 0 atom stereocenters. The summed E-state index contributed by atoms with van der Waals surface area (Å²) in [6.45, 7) is 7.73. The standard InChI is InChI=1S/C12H14ClNO/c1-8-4-9(2)6-11(5-8)12(15)14-7-10(3)13/h4-6H,3,7H2,1-2H3,(H,14,15). The van der Waals surface area contributed by atoms with Crippen LogP contribution in [0.25, 0.3) is 0 Å². The molecule has 0 radical (unpaired) electrons. The summed E-state index contributed by atoms with van der Waals surface area (Å²) in [5.41, 5.74) is 2.81. The molecular weight excluding hydrogens is 210 g/mol. The van der Waals surface area contributed by atoms with Crippen LogP contribution in [-0.4, -0.2) is 12.5 Å². The Kier molecular flexibility index (Phi) is 3.92. The SMILES string of the molecule is C=C(Cl)CNC(=O)c1cc(C)cc(C)c1. The van der Waals surface area contributed by atoms with Crippen LogP contribution < -0.4 is 5.32 Å². The summed E-state index contributed by atoms with van der Waals surface area (Å²) in [4.78, 5) is 11.6. The molecule has 1 rings (SSSR count). The van der Waals surface area contributed by atoms with Gasteiger partial charge in [-0.2, -0.15) is 0 Å². The van der Waals surface area contributed by atoms with E-state index in [0.29, 0.717) is 17.1 Å². The van der Waals surface area contributed by atoms with Crippen LogP contribution in [0.3, 0.4) is 0 Å². The van der Waals surface area contributed by atoms with E-state index in [2.05, 4.69) is 11.9 Å². The first-order valence-electron chi connectivity index (χ1n) is 4.69. The number of hydrogen-bond acceptors (Lipinski definition) is 1. The van der Waals surface area contributed by atoms with Gasteiger partial charge in [0.25, 0.3) is 5.91 Å². The second kappa shape index (κ2) is 4.99. The molecule has 1 amide bonds. The zero-order chi connectivity index (χ0) is 11.4. The highest BCUT2D eigenvalue weighted by atomic mass is 35.5. The maximum absolute atomic E-state index is 11.6. The van der Waals surface area contributed by atoms with Crippen LogP contribution in [0.15, 0.2) is 29.8 Å². The van der Waals surface area contributed by atoms with Gasteiger partial charge in [0.1, 0.15) is 0 Å². The first kappa shape index (κ1) is 11.8. The van der Waals surface area contributed by atoms with Gasteiger partial charge in [0, 0.05) is 10.6 Å². The molecule has 0 fully saturated rings. The van der Waals surface area contributed by atoms with Crippen molar-refractivity contribution >= 4 is 17.5 Å². The molecule has 0 aliphatic heterocycles. The zero-order valence-corrected chi connectivity index (χ0v) is 9.69. The second-order valence-electron chi connectivity index (χ2n) is 3.58. The third-order valence-corrected chi connectivity index (χ3v) is 2.06. The van der Waals surface area contributed by atoms with Crippen LogP contribution >= 0.6 is 11.6 Å². The van der Waals surface area contributed by atoms with Crippen molar-refractivity contribution in [3.63, 3.8) is 0 Å². The lowest BCUT2D eigenvalue weighted by Gasteiger charge is -2.05. The van der Waals surface area contributed by atoms with E-state index in [1.54, 1.807) is 0 Å². The number of nitrogens with one attached hydrogen (secondary N) is 1. The lowest BCUT2D eigenvalue weighted by Crippen LogP contribution is -2.24. The third kappa shape index (κ3) is 3.76. The Labute approximate surface area is 94.9 Å². The first-order valence-corrected chi connectivity index (χ1v) is 5.06. The summed E-state index contributed by atoms with van der Waals surface area (Å²) >= 11 is 5.56. The van der Waals surface area contributed by atoms with E-state index in [1.165, 1.54) is 0 Å². The maximum Gasteiger partial charge on any atom is 0.251 e. The molecular formula is C12H14ClNO. The molecule has 0 aromatic heterocycles. The lowest BCUT2D eigenvalue weighted by molar-refractivity contribution is 0.0957. The summed E-state index contributed by atoms with van der Waals surface area (Å²) in [6.07, 6.45) is 0. The van der Waals surface area contributed by atoms with Crippen LogP contribution in [0.2, 0.25) is 0 Å². The fraction of sp³-hybridized carbons (Fsp3) is 0.250. The van der Waals surface area contributed by atoms with Crippen LogP contribution in [0.4, 0.5) is 0 Å². The molecule has 80 valence electrons. The minimum atomic E-state index is -0.122. The second-order valence-corrected chi connectivity index (χ2v) is 4.11. The molecule has 3 heteroatoms. The Bertz CT molecular complexity index is 378. The van der Waals surface area contributed by atoms with Gasteiger partial charge in [-0.05, 0) is 26.0 Å². The van der Waals surface area contributed by atoms with Crippen LogP contribution in [0.1, 0.15) is 21.5 Å². The summed E-state index contributed by atoms with van der Waals surface area (Å²) in [5, 5.41) is 3.11. The number of halogens is 1. The van der Waals surface area contributed by atoms with Crippen molar-refractivity contribution in [1.82, 2.24) is 5.32 Å². The number of carbonyl (C=O) groups excluding carboxylic acids is 1. The molecule has 1 aromatic carbocycles. The molecule has 15 heavy (non-hydrogen) atoms. The number of rotatable bonds is 3. The van der Waals surface area contributed by atoms with Gasteiger partial charge in [0.05, 0.1) is 6.54 Å². The lowest BCUT2D eigenvalue weighted by atomic mass is 10.1. The summed E-state index contributed by atoms with van der Waals surface area (Å²) in [5.74, 6) is -0.122.